The summed E-state index contributed by atoms with van der Waals surface area (Å²) < 4.78 is 22.4. The van der Waals surface area contributed by atoms with Gasteiger partial charge in [0.05, 0.1) is 5.75 Å². The van der Waals surface area contributed by atoms with Crippen molar-refractivity contribution in [2.45, 2.75) is 45.1 Å². The summed E-state index contributed by atoms with van der Waals surface area (Å²) in [6.45, 7) is 1.70. The summed E-state index contributed by atoms with van der Waals surface area (Å²) in [6, 6.07) is 0.232. The molecule has 1 saturated carbocycles. The van der Waals surface area contributed by atoms with Gasteiger partial charge in [-0.2, -0.15) is 0 Å². The molecule has 0 aromatic rings. The van der Waals surface area contributed by atoms with Gasteiger partial charge in [-0.05, 0) is 31.6 Å². The van der Waals surface area contributed by atoms with Crippen LogP contribution in [0.5, 0.6) is 0 Å². The molecule has 4 heteroatoms. The van der Waals surface area contributed by atoms with Crippen LogP contribution < -0.4 is 5.73 Å². The van der Waals surface area contributed by atoms with Crippen LogP contribution in [-0.2, 0) is 9.84 Å². The Labute approximate surface area is 87.0 Å². The fraction of sp³-hybridized carbons (Fsp3) is 1.00. The van der Waals surface area contributed by atoms with Crippen molar-refractivity contribution in [3.8, 4) is 0 Å². The Morgan fingerprint density at radius 1 is 1.43 bits per heavy atom. The average molecular weight is 219 g/mol. The SMILES string of the molecule is CCS(=O)(=O)CCCC(N)C1CCC1. The molecular weight excluding hydrogens is 198 g/mol. The lowest BCUT2D eigenvalue weighted by Crippen LogP contribution is -2.34. The van der Waals surface area contributed by atoms with E-state index in [0.29, 0.717) is 11.7 Å². The summed E-state index contributed by atoms with van der Waals surface area (Å²) in [4.78, 5) is 0. The van der Waals surface area contributed by atoms with E-state index in [4.69, 9.17) is 5.73 Å². The van der Waals surface area contributed by atoms with E-state index in [2.05, 4.69) is 0 Å². The zero-order valence-electron chi connectivity index (χ0n) is 8.91. The third kappa shape index (κ3) is 3.58. The molecule has 0 amide bonds. The quantitative estimate of drug-likeness (QED) is 0.733. The van der Waals surface area contributed by atoms with Crippen molar-refractivity contribution in [1.82, 2.24) is 0 Å². The van der Waals surface area contributed by atoms with Gasteiger partial charge in [0.2, 0.25) is 0 Å². The highest BCUT2D eigenvalue weighted by Gasteiger charge is 2.24. The summed E-state index contributed by atoms with van der Waals surface area (Å²) in [6.07, 6.45) is 5.37. The van der Waals surface area contributed by atoms with E-state index < -0.39 is 9.84 Å². The first-order chi connectivity index (χ1) is 6.55. The highest BCUT2D eigenvalue weighted by molar-refractivity contribution is 7.91. The summed E-state index contributed by atoms with van der Waals surface area (Å²) in [7, 11) is -2.79. The molecule has 84 valence electrons. The van der Waals surface area contributed by atoms with Crippen molar-refractivity contribution < 1.29 is 8.42 Å². The Balaban J connectivity index is 2.14. The minimum Gasteiger partial charge on any atom is -0.327 e. The van der Waals surface area contributed by atoms with E-state index in [-0.39, 0.29) is 11.8 Å². The van der Waals surface area contributed by atoms with Crippen molar-refractivity contribution in [1.29, 1.82) is 0 Å². The minimum absolute atomic E-state index is 0.232. The second kappa shape index (κ2) is 5.12. The van der Waals surface area contributed by atoms with E-state index in [9.17, 15) is 8.42 Å². The molecular formula is C10H21NO2S. The Kier molecular flexibility index (Phi) is 4.38. The van der Waals surface area contributed by atoms with Gasteiger partial charge in [0.25, 0.3) is 0 Å². The molecule has 0 aromatic heterocycles. The third-order valence-corrected chi connectivity index (χ3v) is 4.98. The second-order valence-corrected chi connectivity index (χ2v) is 6.71. The predicted octanol–water partition coefficient (Wildman–Crippen LogP) is 1.33. The van der Waals surface area contributed by atoms with Gasteiger partial charge in [-0.1, -0.05) is 13.3 Å². The van der Waals surface area contributed by atoms with Crippen LogP contribution in [0.4, 0.5) is 0 Å². The lowest BCUT2D eigenvalue weighted by molar-refractivity contribution is 0.252. The maximum absolute atomic E-state index is 11.2. The number of hydrogen-bond donors (Lipinski definition) is 1. The highest BCUT2D eigenvalue weighted by atomic mass is 32.2. The van der Waals surface area contributed by atoms with Gasteiger partial charge in [-0.25, -0.2) is 8.42 Å². The van der Waals surface area contributed by atoms with Crippen molar-refractivity contribution in [3.05, 3.63) is 0 Å². The fourth-order valence-corrected chi connectivity index (χ4v) is 2.68. The molecule has 1 fully saturated rings. The normalized spacial score (nSPS) is 20.4. The van der Waals surface area contributed by atoms with Gasteiger partial charge in [0, 0.05) is 11.8 Å². The Morgan fingerprint density at radius 3 is 2.50 bits per heavy atom. The van der Waals surface area contributed by atoms with E-state index in [1.54, 1.807) is 6.92 Å². The van der Waals surface area contributed by atoms with Crippen LogP contribution in [0.25, 0.3) is 0 Å². The standard InChI is InChI=1S/C10H21NO2S/c1-2-14(12,13)8-4-7-10(11)9-5-3-6-9/h9-10H,2-8,11H2,1H3. The van der Waals surface area contributed by atoms with Gasteiger partial charge >= 0.3 is 0 Å². The van der Waals surface area contributed by atoms with E-state index >= 15 is 0 Å². The smallest absolute Gasteiger partial charge is 0.150 e. The van der Waals surface area contributed by atoms with E-state index in [1.165, 1.54) is 19.3 Å². The van der Waals surface area contributed by atoms with Crippen molar-refractivity contribution in [3.63, 3.8) is 0 Å². The molecule has 1 rings (SSSR count). The lowest BCUT2D eigenvalue weighted by atomic mass is 9.79. The molecule has 2 N–H and O–H groups in total. The van der Waals surface area contributed by atoms with Crippen molar-refractivity contribution in [2.24, 2.45) is 11.7 Å². The van der Waals surface area contributed by atoms with Gasteiger partial charge in [0.15, 0.2) is 0 Å². The molecule has 0 saturated heterocycles. The lowest BCUT2D eigenvalue weighted by Gasteiger charge is -2.31. The predicted molar refractivity (Wildman–Crippen MR) is 58.9 cm³/mol. The molecule has 3 nitrogen and oxygen atoms in total. The minimum atomic E-state index is -2.79. The van der Waals surface area contributed by atoms with Gasteiger partial charge in [-0.3, -0.25) is 0 Å². The molecule has 0 spiro atoms. The largest absolute Gasteiger partial charge is 0.327 e. The van der Waals surface area contributed by atoms with Crippen LogP contribution in [-0.4, -0.2) is 26.0 Å². The van der Waals surface area contributed by atoms with Crippen LogP contribution in [0.15, 0.2) is 0 Å². The average Bonchev–Trinajstić information content (AvgIpc) is 2.01. The van der Waals surface area contributed by atoms with Crippen LogP contribution in [0.3, 0.4) is 0 Å². The van der Waals surface area contributed by atoms with Crippen LogP contribution in [0.2, 0.25) is 0 Å². The monoisotopic (exact) mass is 219 g/mol. The third-order valence-electron chi connectivity index (χ3n) is 3.19. The van der Waals surface area contributed by atoms with Crippen LogP contribution in [0.1, 0.15) is 39.0 Å². The summed E-state index contributed by atoms with van der Waals surface area (Å²) in [5.74, 6) is 1.23. The van der Waals surface area contributed by atoms with Crippen LogP contribution in [0, 0.1) is 5.92 Å². The van der Waals surface area contributed by atoms with E-state index in [1.807, 2.05) is 0 Å². The molecule has 1 unspecified atom stereocenters. The first-order valence-corrected chi connectivity index (χ1v) is 7.33. The number of nitrogens with two attached hydrogens (primary N) is 1. The molecule has 0 bridgehead atoms. The van der Waals surface area contributed by atoms with Gasteiger partial charge < -0.3 is 5.73 Å². The molecule has 0 heterocycles. The first kappa shape index (κ1) is 12.0. The molecule has 0 aromatic carbocycles. The first-order valence-electron chi connectivity index (χ1n) is 5.51. The number of hydrogen-bond acceptors (Lipinski definition) is 3. The zero-order valence-corrected chi connectivity index (χ0v) is 9.72. The molecule has 1 aliphatic rings. The summed E-state index contributed by atoms with van der Waals surface area (Å²) in [5, 5.41) is 0. The van der Waals surface area contributed by atoms with E-state index in [0.717, 1.165) is 12.8 Å². The van der Waals surface area contributed by atoms with Gasteiger partial charge in [0.1, 0.15) is 9.84 Å². The Hall–Kier alpha value is -0.0900. The molecule has 0 radical (unpaired) electrons. The maximum Gasteiger partial charge on any atom is 0.150 e. The summed E-state index contributed by atoms with van der Waals surface area (Å²) in [5.41, 5.74) is 5.95. The summed E-state index contributed by atoms with van der Waals surface area (Å²) >= 11 is 0. The Morgan fingerprint density at radius 2 is 2.07 bits per heavy atom. The molecule has 1 atom stereocenters. The Bertz CT molecular complexity index is 257. The van der Waals surface area contributed by atoms with Crippen molar-refractivity contribution >= 4 is 9.84 Å². The topological polar surface area (TPSA) is 60.2 Å². The second-order valence-electron chi connectivity index (χ2n) is 4.23. The molecule has 1 aliphatic carbocycles. The fourth-order valence-electron chi connectivity index (χ4n) is 1.79. The maximum atomic E-state index is 11.2. The van der Waals surface area contributed by atoms with Crippen molar-refractivity contribution in [2.75, 3.05) is 11.5 Å². The number of rotatable bonds is 6. The van der Waals surface area contributed by atoms with Crippen LogP contribution >= 0.6 is 0 Å². The number of sulfone groups is 1. The molecule has 14 heavy (non-hydrogen) atoms. The van der Waals surface area contributed by atoms with Gasteiger partial charge in [-0.15, -0.1) is 0 Å². The zero-order chi connectivity index (χ0) is 10.6. The highest BCUT2D eigenvalue weighted by Crippen LogP contribution is 2.30. The molecule has 0 aliphatic heterocycles.